The zero-order chi connectivity index (χ0) is 13.1. The molecule has 1 atom stereocenters. The smallest absolute Gasteiger partial charge is 0.0240 e. The van der Waals surface area contributed by atoms with Crippen LogP contribution in [0.1, 0.15) is 12.5 Å². The first-order valence-corrected chi connectivity index (χ1v) is 7.22. The van der Waals surface area contributed by atoms with Crippen LogP contribution in [0.25, 0.3) is 10.8 Å². The van der Waals surface area contributed by atoms with Gasteiger partial charge in [0, 0.05) is 26.2 Å². The van der Waals surface area contributed by atoms with Gasteiger partial charge in [-0.15, -0.1) is 0 Å². The van der Waals surface area contributed by atoms with Gasteiger partial charge in [-0.05, 0) is 28.8 Å². The fourth-order valence-corrected chi connectivity index (χ4v) is 3.00. The molecule has 2 aromatic rings. The fourth-order valence-electron chi connectivity index (χ4n) is 3.00. The lowest BCUT2D eigenvalue weighted by atomic mass is 10.0. The molecule has 1 heterocycles. The SMILES string of the molecule is CC1CNCCN(Cc2cccc3ccccc23)C1. The van der Waals surface area contributed by atoms with Crippen LogP contribution in [0.3, 0.4) is 0 Å². The molecule has 2 heteroatoms. The highest BCUT2D eigenvalue weighted by Gasteiger charge is 2.15. The zero-order valence-electron chi connectivity index (χ0n) is 11.6. The Morgan fingerprint density at radius 1 is 1.16 bits per heavy atom. The van der Waals surface area contributed by atoms with Crippen molar-refractivity contribution in [1.82, 2.24) is 10.2 Å². The lowest BCUT2D eigenvalue weighted by Crippen LogP contribution is -2.29. The molecule has 2 nitrogen and oxygen atoms in total. The van der Waals surface area contributed by atoms with E-state index in [9.17, 15) is 0 Å². The van der Waals surface area contributed by atoms with E-state index >= 15 is 0 Å². The lowest BCUT2D eigenvalue weighted by Gasteiger charge is -2.22. The maximum atomic E-state index is 3.51. The van der Waals surface area contributed by atoms with E-state index in [2.05, 4.69) is 59.6 Å². The van der Waals surface area contributed by atoms with Crippen molar-refractivity contribution in [3.63, 3.8) is 0 Å². The Morgan fingerprint density at radius 3 is 2.95 bits per heavy atom. The van der Waals surface area contributed by atoms with Gasteiger partial charge in [0.05, 0.1) is 0 Å². The lowest BCUT2D eigenvalue weighted by molar-refractivity contribution is 0.257. The van der Waals surface area contributed by atoms with Crippen LogP contribution in [0.5, 0.6) is 0 Å². The summed E-state index contributed by atoms with van der Waals surface area (Å²) in [6.07, 6.45) is 0. The molecule has 1 saturated heterocycles. The van der Waals surface area contributed by atoms with E-state index in [1.807, 2.05) is 0 Å². The summed E-state index contributed by atoms with van der Waals surface area (Å²) in [6, 6.07) is 15.3. The summed E-state index contributed by atoms with van der Waals surface area (Å²) in [7, 11) is 0. The van der Waals surface area contributed by atoms with E-state index < -0.39 is 0 Å². The molecule has 0 saturated carbocycles. The average Bonchev–Trinajstić information content (AvgIpc) is 2.63. The third kappa shape index (κ3) is 2.96. The molecule has 1 unspecified atom stereocenters. The molecule has 0 radical (unpaired) electrons. The predicted molar refractivity (Wildman–Crippen MR) is 81.3 cm³/mol. The highest BCUT2D eigenvalue weighted by atomic mass is 15.2. The number of rotatable bonds is 2. The van der Waals surface area contributed by atoms with Crippen molar-refractivity contribution in [2.24, 2.45) is 5.92 Å². The van der Waals surface area contributed by atoms with Crippen LogP contribution in [0, 0.1) is 5.92 Å². The van der Waals surface area contributed by atoms with Gasteiger partial charge in [-0.1, -0.05) is 49.4 Å². The topological polar surface area (TPSA) is 15.3 Å². The number of nitrogens with zero attached hydrogens (tertiary/aromatic N) is 1. The van der Waals surface area contributed by atoms with E-state index in [4.69, 9.17) is 0 Å². The number of fused-ring (bicyclic) bond motifs is 1. The van der Waals surface area contributed by atoms with Gasteiger partial charge in [0.2, 0.25) is 0 Å². The van der Waals surface area contributed by atoms with Crippen LogP contribution >= 0.6 is 0 Å². The Balaban J connectivity index is 1.84. The van der Waals surface area contributed by atoms with Crippen molar-refractivity contribution in [3.05, 3.63) is 48.0 Å². The number of nitrogens with one attached hydrogen (secondary N) is 1. The Hall–Kier alpha value is -1.38. The van der Waals surface area contributed by atoms with Gasteiger partial charge in [0.1, 0.15) is 0 Å². The first-order chi connectivity index (χ1) is 9.33. The largest absolute Gasteiger partial charge is 0.315 e. The molecule has 0 spiro atoms. The predicted octanol–water partition coefficient (Wildman–Crippen LogP) is 2.88. The molecule has 19 heavy (non-hydrogen) atoms. The van der Waals surface area contributed by atoms with E-state index in [1.165, 1.54) is 22.9 Å². The van der Waals surface area contributed by atoms with Crippen molar-refractivity contribution in [2.45, 2.75) is 13.5 Å². The Kier molecular flexibility index (Phi) is 3.81. The number of benzene rings is 2. The molecule has 0 bridgehead atoms. The van der Waals surface area contributed by atoms with Crippen LogP contribution in [-0.2, 0) is 6.54 Å². The monoisotopic (exact) mass is 254 g/mol. The van der Waals surface area contributed by atoms with Gasteiger partial charge in [0.15, 0.2) is 0 Å². The minimum Gasteiger partial charge on any atom is -0.315 e. The molecule has 0 aromatic heterocycles. The highest BCUT2D eigenvalue weighted by molar-refractivity contribution is 5.85. The summed E-state index contributed by atoms with van der Waals surface area (Å²) in [5.41, 5.74) is 1.45. The Labute approximate surface area is 115 Å². The Bertz CT molecular complexity index is 544. The normalized spacial score (nSPS) is 21.4. The van der Waals surface area contributed by atoms with Crippen molar-refractivity contribution >= 4 is 10.8 Å². The second kappa shape index (κ2) is 5.72. The zero-order valence-corrected chi connectivity index (χ0v) is 11.6. The second-order valence-corrected chi connectivity index (χ2v) is 5.68. The third-order valence-electron chi connectivity index (χ3n) is 3.94. The molecule has 3 rings (SSSR count). The van der Waals surface area contributed by atoms with Crippen LogP contribution in [0.2, 0.25) is 0 Å². The van der Waals surface area contributed by atoms with Gasteiger partial charge < -0.3 is 5.32 Å². The molecule has 100 valence electrons. The molecule has 1 aliphatic heterocycles. The van der Waals surface area contributed by atoms with Gasteiger partial charge in [-0.2, -0.15) is 0 Å². The highest BCUT2D eigenvalue weighted by Crippen LogP contribution is 2.20. The molecule has 0 amide bonds. The van der Waals surface area contributed by atoms with Crippen molar-refractivity contribution in [1.29, 1.82) is 0 Å². The van der Waals surface area contributed by atoms with Crippen LogP contribution in [0.4, 0.5) is 0 Å². The van der Waals surface area contributed by atoms with Crippen LogP contribution in [-0.4, -0.2) is 31.1 Å². The first-order valence-electron chi connectivity index (χ1n) is 7.22. The van der Waals surface area contributed by atoms with E-state index in [0.717, 1.165) is 32.1 Å². The van der Waals surface area contributed by atoms with Gasteiger partial charge in [-0.25, -0.2) is 0 Å². The molecule has 1 fully saturated rings. The Morgan fingerprint density at radius 2 is 2.00 bits per heavy atom. The second-order valence-electron chi connectivity index (χ2n) is 5.68. The van der Waals surface area contributed by atoms with Gasteiger partial charge in [0.25, 0.3) is 0 Å². The maximum absolute atomic E-state index is 3.51. The molecule has 2 aromatic carbocycles. The van der Waals surface area contributed by atoms with Crippen molar-refractivity contribution < 1.29 is 0 Å². The van der Waals surface area contributed by atoms with Crippen LogP contribution < -0.4 is 5.32 Å². The minimum absolute atomic E-state index is 0.734. The molecular formula is C17H22N2. The van der Waals surface area contributed by atoms with E-state index in [0.29, 0.717) is 0 Å². The summed E-state index contributed by atoms with van der Waals surface area (Å²) in [5.74, 6) is 0.734. The number of hydrogen-bond acceptors (Lipinski definition) is 2. The molecule has 1 N–H and O–H groups in total. The molecule has 1 aliphatic rings. The molecule has 0 aliphatic carbocycles. The van der Waals surface area contributed by atoms with Crippen LogP contribution in [0.15, 0.2) is 42.5 Å². The summed E-state index contributed by atoms with van der Waals surface area (Å²) < 4.78 is 0. The van der Waals surface area contributed by atoms with Gasteiger partial charge in [-0.3, -0.25) is 4.90 Å². The van der Waals surface area contributed by atoms with Gasteiger partial charge >= 0.3 is 0 Å². The average molecular weight is 254 g/mol. The van der Waals surface area contributed by atoms with E-state index in [1.54, 1.807) is 0 Å². The van der Waals surface area contributed by atoms with Crippen molar-refractivity contribution in [3.8, 4) is 0 Å². The fraction of sp³-hybridized carbons (Fsp3) is 0.412. The summed E-state index contributed by atoms with van der Waals surface area (Å²) in [6.45, 7) is 7.98. The first kappa shape index (κ1) is 12.6. The standard InChI is InChI=1S/C17H22N2/c1-14-11-18-9-10-19(12-14)13-16-7-4-6-15-5-2-3-8-17(15)16/h2-8,14,18H,9-13H2,1H3. The summed E-state index contributed by atoms with van der Waals surface area (Å²) in [4.78, 5) is 2.58. The maximum Gasteiger partial charge on any atom is 0.0240 e. The number of hydrogen-bond donors (Lipinski definition) is 1. The molecular weight excluding hydrogens is 232 g/mol. The quantitative estimate of drug-likeness (QED) is 0.886. The summed E-state index contributed by atoms with van der Waals surface area (Å²) in [5, 5.41) is 6.25. The third-order valence-corrected chi connectivity index (χ3v) is 3.94. The minimum atomic E-state index is 0.734. The van der Waals surface area contributed by atoms with Crippen molar-refractivity contribution in [2.75, 3.05) is 26.2 Å². The summed E-state index contributed by atoms with van der Waals surface area (Å²) >= 11 is 0. The van der Waals surface area contributed by atoms with E-state index in [-0.39, 0.29) is 0 Å².